The van der Waals surface area contributed by atoms with Crippen LogP contribution in [-0.4, -0.2) is 71.6 Å². The molecule has 4 heterocycles. The summed E-state index contributed by atoms with van der Waals surface area (Å²) in [6.07, 6.45) is 11.5. The second-order valence-corrected chi connectivity index (χ2v) is 9.21. The van der Waals surface area contributed by atoms with Gasteiger partial charge >= 0.3 is 0 Å². The summed E-state index contributed by atoms with van der Waals surface area (Å²) < 4.78 is 21.6. The van der Waals surface area contributed by atoms with Crippen molar-refractivity contribution in [2.45, 2.75) is 51.6 Å². The molecule has 0 amide bonds. The number of nitrogens with zero attached hydrogens (tertiary/aromatic N) is 3. The summed E-state index contributed by atoms with van der Waals surface area (Å²) in [5.41, 5.74) is 3.84. The monoisotopic (exact) mass is 484 g/mol. The molecule has 0 spiro atoms. The normalized spacial score (nSPS) is 18.7. The van der Waals surface area contributed by atoms with Gasteiger partial charge in [0.15, 0.2) is 5.82 Å². The molecule has 1 unspecified atom stereocenters. The molecule has 0 aromatic carbocycles. The number of aromatic amines is 1. The number of hydrogen-bond donors (Lipinski definition) is 3. The summed E-state index contributed by atoms with van der Waals surface area (Å²) >= 11 is 0. The summed E-state index contributed by atoms with van der Waals surface area (Å²) in [4.78, 5) is 16.6. The van der Waals surface area contributed by atoms with Gasteiger partial charge in [-0.3, -0.25) is 9.69 Å². The summed E-state index contributed by atoms with van der Waals surface area (Å²) in [5, 5.41) is 11.7. The van der Waals surface area contributed by atoms with Crippen LogP contribution >= 0.6 is 0 Å². The van der Waals surface area contributed by atoms with Crippen molar-refractivity contribution in [2.75, 3.05) is 39.9 Å². The van der Waals surface area contributed by atoms with Crippen LogP contribution in [0.3, 0.4) is 0 Å². The summed E-state index contributed by atoms with van der Waals surface area (Å²) in [6.45, 7) is 8.79. The molecule has 0 aliphatic carbocycles. The molecule has 8 nitrogen and oxygen atoms in total. The fourth-order valence-corrected chi connectivity index (χ4v) is 4.94. The number of allylic oxidation sites excluding steroid dienone is 2. The molecule has 2 aliphatic heterocycles. The zero-order valence-electron chi connectivity index (χ0n) is 20.9. The number of rotatable bonds is 10. The Morgan fingerprint density at radius 1 is 1.34 bits per heavy atom. The Morgan fingerprint density at radius 2 is 2.17 bits per heavy atom. The van der Waals surface area contributed by atoms with Gasteiger partial charge in [0.2, 0.25) is 0 Å². The predicted molar refractivity (Wildman–Crippen MR) is 136 cm³/mol. The number of aromatic nitrogens is 3. The Kier molecular flexibility index (Phi) is 8.54. The third-order valence-electron chi connectivity index (χ3n) is 6.82. The van der Waals surface area contributed by atoms with Crippen molar-refractivity contribution in [3.8, 4) is 5.69 Å². The van der Waals surface area contributed by atoms with E-state index in [0.717, 1.165) is 61.4 Å². The second kappa shape index (κ2) is 11.8. The second-order valence-electron chi connectivity index (χ2n) is 9.21. The molecule has 35 heavy (non-hydrogen) atoms. The molecule has 2 aromatic heterocycles. The molecule has 2 aromatic rings. The molecule has 9 heteroatoms. The minimum absolute atomic E-state index is 0.143. The van der Waals surface area contributed by atoms with E-state index < -0.39 is 11.4 Å². The van der Waals surface area contributed by atoms with E-state index in [9.17, 15) is 9.18 Å². The van der Waals surface area contributed by atoms with Gasteiger partial charge in [0.25, 0.3) is 5.56 Å². The molecular formula is C26H37FN6O2. The summed E-state index contributed by atoms with van der Waals surface area (Å²) in [7, 11) is 1.99. The number of hydrogen-bond acceptors (Lipinski definition) is 6. The molecule has 190 valence electrons. The van der Waals surface area contributed by atoms with Crippen LogP contribution in [0.4, 0.5) is 4.39 Å². The maximum absolute atomic E-state index is 14.1. The fraction of sp³-hybridized carbons (Fsp3) is 0.538. The fourth-order valence-electron chi connectivity index (χ4n) is 4.94. The molecule has 0 bridgehead atoms. The highest BCUT2D eigenvalue weighted by molar-refractivity contribution is 5.76. The minimum Gasteiger partial charge on any atom is -0.383 e. The first-order chi connectivity index (χ1) is 17.0. The van der Waals surface area contributed by atoms with Crippen molar-refractivity contribution >= 4 is 5.57 Å². The molecule has 0 saturated carbocycles. The van der Waals surface area contributed by atoms with E-state index in [1.54, 1.807) is 4.68 Å². The largest absolute Gasteiger partial charge is 0.383 e. The highest BCUT2D eigenvalue weighted by Gasteiger charge is 2.27. The van der Waals surface area contributed by atoms with E-state index in [1.807, 2.05) is 13.2 Å². The van der Waals surface area contributed by atoms with Crippen LogP contribution in [0, 0.1) is 5.82 Å². The van der Waals surface area contributed by atoms with E-state index in [-0.39, 0.29) is 6.04 Å². The number of pyridine rings is 1. The van der Waals surface area contributed by atoms with E-state index in [4.69, 9.17) is 9.84 Å². The number of fused-ring (bicyclic) bond motifs is 1. The van der Waals surface area contributed by atoms with Gasteiger partial charge < -0.3 is 20.4 Å². The first kappa shape index (κ1) is 25.3. The molecule has 0 radical (unpaired) electrons. The predicted octanol–water partition coefficient (Wildman–Crippen LogP) is 2.39. The Morgan fingerprint density at radius 3 is 2.94 bits per heavy atom. The number of ether oxygens (including phenoxy) is 1. The van der Waals surface area contributed by atoms with E-state index in [0.29, 0.717) is 31.4 Å². The standard InChI is InChI=1S/C26H37FN6O2/c1-4-11-32(12-5-9-28-3)18(2)23-15-19(6-10-29-23)25-21-7-13-35-14-8-24(21)33(31-25)20-16-22(27)26(34)30-17-20/h6,10,15-18,23,28-29H,4-5,7-9,11-14H2,1-3H3,(H,30,34)/t18-,23?/m1/s1. The van der Waals surface area contributed by atoms with E-state index in [2.05, 4.69) is 46.5 Å². The Bertz CT molecular complexity index is 1120. The highest BCUT2D eigenvalue weighted by atomic mass is 19.1. The van der Waals surface area contributed by atoms with Gasteiger partial charge in [-0.15, -0.1) is 0 Å². The lowest BCUT2D eigenvalue weighted by atomic mass is 9.96. The van der Waals surface area contributed by atoms with Crippen molar-refractivity contribution in [3.05, 3.63) is 63.7 Å². The van der Waals surface area contributed by atoms with Crippen molar-refractivity contribution in [2.24, 2.45) is 0 Å². The van der Waals surface area contributed by atoms with Crippen LogP contribution in [-0.2, 0) is 17.6 Å². The van der Waals surface area contributed by atoms with Crippen LogP contribution in [0.15, 0.2) is 35.4 Å². The smallest absolute Gasteiger partial charge is 0.284 e. The van der Waals surface area contributed by atoms with Gasteiger partial charge in [-0.2, -0.15) is 5.10 Å². The van der Waals surface area contributed by atoms with Crippen LogP contribution < -0.4 is 16.2 Å². The quantitative estimate of drug-likeness (QED) is 0.449. The highest BCUT2D eigenvalue weighted by Crippen LogP contribution is 2.29. The van der Waals surface area contributed by atoms with Crippen LogP contribution in [0.5, 0.6) is 0 Å². The van der Waals surface area contributed by atoms with Gasteiger partial charge in [-0.05, 0) is 65.1 Å². The van der Waals surface area contributed by atoms with Crippen molar-refractivity contribution in [1.29, 1.82) is 0 Å². The van der Waals surface area contributed by atoms with E-state index in [1.165, 1.54) is 12.3 Å². The van der Waals surface area contributed by atoms with Crippen LogP contribution in [0.2, 0.25) is 0 Å². The average molecular weight is 485 g/mol. The topological polar surface area (TPSA) is 87.2 Å². The summed E-state index contributed by atoms with van der Waals surface area (Å²) in [5.74, 6) is -0.817. The molecule has 0 saturated heterocycles. The lowest BCUT2D eigenvalue weighted by molar-refractivity contribution is 0.145. The third kappa shape index (κ3) is 5.74. The molecule has 3 N–H and O–H groups in total. The lowest BCUT2D eigenvalue weighted by Gasteiger charge is -2.35. The molecule has 4 rings (SSSR count). The molecule has 0 fully saturated rings. The number of dihydropyridines is 1. The van der Waals surface area contributed by atoms with Crippen molar-refractivity contribution < 1.29 is 9.13 Å². The maximum atomic E-state index is 14.1. The molecule has 2 atom stereocenters. The Labute approximate surface area is 206 Å². The zero-order valence-corrected chi connectivity index (χ0v) is 20.9. The lowest BCUT2D eigenvalue weighted by Crippen LogP contribution is -2.47. The first-order valence-corrected chi connectivity index (χ1v) is 12.6. The van der Waals surface area contributed by atoms with Gasteiger partial charge in [-0.25, -0.2) is 9.07 Å². The van der Waals surface area contributed by atoms with Gasteiger partial charge in [-0.1, -0.05) is 13.0 Å². The maximum Gasteiger partial charge on any atom is 0.284 e. The van der Waals surface area contributed by atoms with Crippen LogP contribution in [0.25, 0.3) is 11.3 Å². The zero-order chi connectivity index (χ0) is 24.8. The van der Waals surface area contributed by atoms with Gasteiger partial charge in [0, 0.05) is 35.9 Å². The molecule has 2 aliphatic rings. The Balaban J connectivity index is 1.67. The van der Waals surface area contributed by atoms with Crippen molar-refractivity contribution in [3.63, 3.8) is 0 Å². The van der Waals surface area contributed by atoms with E-state index >= 15 is 0 Å². The number of H-pyrrole nitrogens is 1. The first-order valence-electron chi connectivity index (χ1n) is 12.6. The van der Waals surface area contributed by atoms with Gasteiger partial charge in [0.1, 0.15) is 0 Å². The SMILES string of the molecule is CCCN(CCCNC)[C@H](C)C1C=C(c2nn(-c3c[nH]c(=O)c(F)c3)c3c2CCOCC3)C=CN1. The van der Waals surface area contributed by atoms with Crippen molar-refractivity contribution in [1.82, 2.24) is 30.3 Å². The Hall–Kier alpha value is -2.75. The average Bonchev–Trinajstić information content (AvgIpc) is 3.05. The minimum atomic E-state index is -0.817. The third-order valence-corrected chi connectivity index (χ3v) is 6.82. The summed E-state index contributed by atoms with van der Waals surface area (Å²) in [6, 6.07) is 1.70. The van der Waals surface area contributed by atoms with Gasteiger partial charge in [0.05, 0.1) is 36.3 Å². The van der Waals surface area contributed by atoms with Crippen LogP contribution in [0.1, 0.15) is 43.6 Å². The number of nitrogens with one attached hydrogen (secondary N) is 3. The number of halogens is 1. The molecular weight excluding hydrogens is 447 g/mol.